The van der Waals surface area contributed by atoms with Crippen LogP contribution in [-0.4, -0.2) is 30.9 Å². The highest BCUT2D eigenvalue weighted by molar-refractivity contribution is 5.72. The zero-order valence-electron chi connectivity index (χ0n) is 11.7. The predicted molar refractivity (Wildman–Crippen MR) is 72.7 cm³/mol. The van der Waals surface area contributed by atoms with E-state index in [1.165, 1.54) is 18.5 Å². The van der Waals surface area contributed by atoms with E-state index in [0.29, 0.717) is 0 Å². The summed E-state index contributed by atoms with van der Waals surface area (Å²) in [5, 5.41) is 1.96. The van der Waals surface area contributed by atoms with Crippen LogP contribution in [-0.2, 0) is 0 Å². The van der Waals surface area contributed by atoms with Crippen molar-refractivity contribution in [2.24, 2.45) is 4.99 Å². The van der Waals surface area contributed by atoms with Crippen LogP contribution in [0, 0.1) is 0 Å². The average Bonchev–Trinajstić information content (AvgIpc) is 2.11. The Bertz CT molecular complexity index is 234. The molecule has 0 aliphatic rings. The third-order valence-corrected chi connectivity index (χ3v) is 1.90. The molecule has 0 heterocycles. The molecule has 94 valence electrons. The smallest absolute Gasteiger partial charge is 0.0524 e. The van der Waals surface area contributed by atoms with Crippen molar-refractivity contribution in [2.45, 2.75) is 52.5 Å². The number of hydrogen-bond donors (Lipinski definition) is 1. The van der Waals surface area contributed by atoms with Crippen LogP contribution in [0.25, 0.3) is 0 Å². The zero-order valence-corrected chi connectivity index (χ0v) is 11.7. The summed E-state index contributed by atoms with van der Waals surface area (Å²) in [5.74, 6) is 0. The van der Waals surface area contributed by atoms with Crippen LogP contribution in [0.3, 0.4) is 0 Å². The first-order valence-corrected chi connectivity index (χ1v) is 6.03. The van der Waals surface area contributed by atoms with Gasteiger partial charge in [0.25, 0.3) is 0 Å². The second-order valence-electron chi connectivity index (χ2n) is 5.25. The van der Waals surface area contributed by atoms with Gasteiger partial charge in [0, 0.05) is 26.0 Å². The SMILES string of the molecule is CCCC/C(=C/C=NC(C)(C)C)NN(C)C. The maximum atomic E-state index is 4.45. The van der Waals surface area contributed by atoms with Crippen molar-refractivity contribution in [1.29, 1.82) is 0 Å². The molecule has 0 saturated carbocycles. The quantitative estimate of drug-likeness (QED) is 0.556. The summed E-state index contributed by atoms with van der Waals surface area (Å²) in [6.45, 7) is 8.50. The normalized spacial score (nSPS) is 13.8. The van der Waals surface area contributed by atoms with E-state index in [2.05, 4.69) is 44.2 Å². The van der Waals surface area contributed by atoms with Crippen LogP contribution in [0.2, 0.25) is 0 Å². The Hall–Kier alpha value is -0.830. The van der Waals surface area contributed by atoms with Gasteiger partial charge in [0.1, 0.15) is 0 Å². The molecule has 0 spiro atoms. The van der Waals surface area contributed by atoms with Crippen molar-refractivity contribution < 1.29 is 0 Å². The fourth-order valence-corrected chi connectivity index (χ4v) is 1.18. The van der Waals surface area contributed by atoms with E-state index in [1.54, 1.807) is 0 Å². The van der Waals surface area contributed by atoms with Gasteiger partial charge in [0.2, 0.25) is 0 Å². The maximum absolute atomic E-state index is 4.45. The Kier molecular flexibility index (Phi) is 7.06. The fourth-order valence-electron chi connectivity index (χ4n) is 1.18. The minimum absolute atomic E-state index is 0.00445. The van der Waals surface area contributed by atoms with Gasteiger partial charge in [0.15, 0.2) is 0 Å². The van der Waals surface area contributed by atoms with Crippen molar-refractivity contribution >= 4 is 6.21 Å². The van der Waals surface area contributed by atoms with Gasteiger partial charge in [-0.05, 0) is 39.7 Å². The highest BCUT2D eigenvalue weighted by Crippen LogP contribution is 2.06. The summed E-state index contributed by atoms with van der Waals surface area (Å²) in [6.07, 6.45) is 7.46. The lowest BCUT2D eigenvalue weighted by atomic mass is 10.1. The third kappa shape index (κ3) is 9.71. The molecular formula is C13H27N3. The second-order valence-corrected chi connectivity index (χ2v) is 5.25. The van der Waals surface area contributed by atoms with E-state index >= 15 is 0 Å². The number of hydrogen-bond acceptors (Lipinski definition) is 3. The monoisotopic (exact) mass is 225 g/mol. The molecule has 3 heteroatoms. The molecule has 0 saturated heterocycles. The first-order valence-electron chi connectivity index (χ1n) is 6.03. The molecule has 0 aromatic heterocycles. The van der Waals surface area contributed by atoms with Crippen LogP contribution in [0.15, 0.2) is 16.8 Å². The molecule has 0 aliphatic heterocycles. The van der Waals surface area contributed by atoms with Gasteiger partial charge in [-0.3, -0.25) is 4.99 Å². The number of rotatable bonds is 6. The molecule has 0 unspecified atom stereocenters. The van der Waals surface area contributed by atoms with E-state index in [-0.39, 0.29) is 5.54 Å². The van der Waals surface area contributed by atoms with Crippen LogP contribution in [0.4, 0.5) is 0 Å². The molecule has 0 amide bonds. The standard InChI is InChI=1S/C13H27N3/c1-7-8-9-12(15-16(5)6)10-11-14-13(2,3)4/h10-11,15H,7-9H2,1-6H3/b12-10-,14-11?. The minimum atomic E-state index is 0.00445. The molecule has 0 atom stereocenters. The maximum Gasteiger partial charge on any atom is 0.0524 e. The van der Waals surface area contributed by atoms with Gasteiger partial charge in [-0.1, -0.05) is 13.3 Å². The number of hydrazine groups is 1. The molecule has 0 rings (SSSR count). The topological polar surface area (TPSA) is 27.6 Å². The summed E-state index contributed by atoms with van der Waals surface area (Å²) in [5.41, 5.74) is 4.53. The summed E-state index contributed by atoms with van der Waals surface area (Å²) in [4.78, 5) is 4.45. The van der Waals surface area contributed by atoms with E-state index in [0.717, 1.165) is 6.42 Å². The number of allylic oxidation sites excluding steroid dienone is 2. The van der Waals surface area contributed by atoms with Crippen LogP contribution in [0.5, 0.6) is 0 Å². The van der Waals surface area contributed by atoms with E-state index in [1.807, 2.05) is 25.3 Å². The number of unbranched alkanes of at least 4 members (excludes halogenated alkanes) is 1. The lowest BCUT2D eigenvalue weighted by Crippen LogP contribution is -2.29. The molecule has 1 N–H and O–H groups in total. The van der Waals surface area contributed by atoms with Crippen molar-refractivity contribution in [3.63, 3.8) is 0 Å². The lowest BCUT2D eigenvalue weighted by molar-refractivity contribution is 0.321. The third-order valence-electron chi connectivity index (χ3n) is 1.90. The van der Waals surface area contributed by atoms with Gasteiger partial charge in [-0.25, -0.2) is 5.01 Å². The van der Waals surface area contributed by atoms with Crippen LogP contribution in [0.1, 0.15) is 47.0 Å². The first kappa shape index (κ1) is 15.2. The zero-order chi connectivity index (χ0) is 12.6. The molecule has 0 bridgehead atoms. The van der Waals surface area contributed by atoms with Crippen molar-refractivity contribution in [3.8, 4) is 0 Å². The van der Waals surface area contributed by atoms with Crippen LogP contribution >= 0.6 is 0 Å². The number of aliphatic imine (C=N–C) groups is 1. The van der Waals surface area contributed by atoms with E-state index in [9.17, 15) is 0 Å². The van der Waals surface area contributed by atoms with E-state index in [4.69, 9.17) is 0 Å². The summed E-state index contributed by atoms with van der Waals surface area (Å²) in [6, 6.07) is 0. The summed E-state index contributed by atoms with van der Waals surface area (Å²) < 4.78 is 0. The summed E-state index contributed by atoms with van der Waals surface area (Å²) >= 11 is 0. The van der Waals surface area contributed by atoms with Crippen molar-refractivity contribution in [1.82, 2.24) is 10.4 Å². The first-order chi connectivity index (χ1) is 7.35. The number of nitrogens with zero attached hydrogens (tertiary/aromatic N) is 2. The molecular weight excluding hydrogens is 198 g/mol. The Morgan fingerprint density at radius 1 is 1.31 bits per heavy atom. The van der Waals surface area contributed by atoms with Gasteiger partial charge >= 0.3 is 0 Å². The molecule has 3 nitrogen and oxygen atoms in total. The van der Waals surface area contributed by atoms with Gasteiger partial charge in [-0.15, -0.1) is 0 Å². The van der Waals surface area contributed by atoms with Gasteiger partial charge in [-0.2, -0.15) is 0 Å². The highest BCUT2D eigenvalue weighted by atomic mass is 15.5. The molecule has 0 radical (unpaired) electrons. The Morgan fingerprint density at radius 2 is 1.94 bits per heavy atom. The van der Waals surface area contributed by atoms with Crippen LogP contribution < -0.4 is 5.43 Å². The fraction of sp³-hybridized carbons (Fsp3) is 0.769. The van der Waals surface area contributed by atoms with Crippen molar-refractivity contribution in [2.75, 3.05) is 14.1 Å². The second kappa shape index (κ2) is 7.44. The molecule has 0 fully saturated rings. The van der Waals surface area contributed by atoms with E-state index < -0.39 is 0 Å². The Balaban J connectivity index is 4.37. The molecule has 0 aliphatic carbocycles. The van der Waals surface area contributed by atoms with Gasteiger partial charge < -0.3 is 5.43 Å². The van der Waals surface area contributed by atoms with Gasteiger partial charge in [0.05, 0.1) is 5.54 Å². The minimum Gasteiger partial charge on any atom is -0.323 e. The Labute approximate surface area is 101 Å². The lowest BCUT2D eigenvalue weighted by Gasteiger charge is -2.16. The number of nitrogens with one attached hydrogen (secondary N) is 1. The molecule has 0 aromatic carbocycles. The molecule has 0 aromatic rings. The summed E-state index contributed by atoms with van der Waals surface area (Å²) in [7, 11) is 4.00. The molecule has 16 heavy (non-hydrogen) atoms. The highest BCUT2D eigenvalue weighted by Gasteiger charge is 2.04. The van der Waals surface area contributed by atoms with Crippen molar-refractivity contribution in [3.05, 3.63) is 11.8 Å². The predicted octanol–water partition coefficient (Wildman–Crippen LogP) is 3.00. The Morgan fingerprint density at radius 3 is 2.38 bits per heavy atom. The largest absolute Gasteiger partial charge is 0.323 e. The average molecular weight is 225 g/mol.